The molecule has 29 heavy (non-hydrogen) atoms. The van der Waals surface area contributed by atoms with E-state index in [1.807, 2.05) is 0 Å². The number of benzene rings is 1. The molecule has 0 bridgehead atoms. The van der Waals surface area contributed by atoms with Crippen molar-refractivity contribution in [1.29, 1.82) is 0 Å². The fraction of sp³-hybridized carbons (Fsp3) is 0.636. The Morgan fingerprint density at radius 3 is 2.48 bits per heavy atom. The molecule has 0 fully saturated rings. The third-order valence-electron chi connectivity index (χ3n) is 5.50. The maximum Gasteiger partial charge on any atom is 0.252 e. The highest BCUT2D eigenvalue weighted by Crippen LogP contribution is 2.23. The molecule has 3 N–H and O–H groups in total. The fourth-order valence-corrected chi connectivity index (χ4v) is 3.19. The van der Waals surface area contributed by atoms with E-state index in [0.29, 0.717) is 26.0 Å². The number of nitrogens with one attached hydrogen (secondary N) is 1. The Kier molecular flexibility index (Phi) is 9.59. The van der Waals surface area contributed by atoms with Crippen molar-refractivity contribution in [3.63, 3.8) is 0 Å². The molecular formula is C22H36ClN3O3. The van der Waals surface area contributed by atoms with E-state index in [1.165, 1.54) is 12.1 Å². The van der Waals surface area contributed by atoms with Crippen LogP contribution in [-0.2, 0) is 4.74 Å². The summed E-state index contributed by atoms with van der Waals surface area (Å²) in [5.74, 6) is -0.337. The smallest absolute Gasteiger partial charge is 0.252 e. The van der Waals surface area contributed by atoms with E-state index in [-0.39, 0.29) is 38.9 Å². The van der Waals surface area contributed by atoms with Crippen molar-refractivity contribution in [2.75, 3.05) is 32.0 Å². The number of carbonyl (C=O) groups is 2. The van der Waals surface area contributed by atoms with E-state index >= 15 is 0 Å². The Morgan fingerprint density at radius 1 is 1.28 bits per heavy atom. The molecular weight excluding hydrogens is 390 g/mol. The van der Waals surface area contributed by atoms with Crippen molar-refractivity contribution >= 4 is 29.5 Å². The Labute approximate surface area is 180 Å². The van der Waals surface area contributed by atoms with Gasteiger partial charge in [-0.2, -0.15) is 0 Å². The standard InChI is InChI=1S/C22H36ClN3O3/c1-7-22(5,6)29-12-9-21(3,4)26(8-2)11-10-25-20(28)17-14-18(23)19(24)13-16(17)15-27/h13-15H,7-12,24H2,1-6H3,(H,25,28). The molecule has 0 aromatic heterocycles. The molecule has 0 atom stereocenters. The number of hydrogen-bond acceptors (Lipinski definition) is 5. The van der Waals surface area contributed by atoms with Gasteiger partial charge < -0.3 is 15.8 Å². The predicted octanol–water partition coefficient (Wildman–Crippen LogP) is 4.16. The number of halogens is 1. The number of ether oxygens (including phenoxy) is 1. The van der Waals surface area contributed by atoms with Crippen molar-refractivity contribution in [3.05, 3.63) is 28.3 Å². The van der Waals surface area contributed by atoms with Gasteiger partial charge in [0.25, 0.3) is 5.91 Å². The van der Waals surface area contributed by atoms with Gasteiger partial charge in [0.1, 0.15) is 0 Å². The number of likely N-dealkylation sites (N-methyl/N-ethyl adjacent to an activating group) is 1. The third kappa shape index (κ3) is 7.61. The van der Waals surface area contributed by atoms with E-state index in [0.717, 1.165) is 19.4 Å². The van der Waals surface area contributed by atoms with Crippen LogP contribution in [0, 0.1) is 0 Å². The molecule has 6 nitrogen and oxygen atoms in total. The zero-order valence-electron chi connectivity index (χ0n) is 18.6. The molecule has 0 spiro atoms. The first-order valence-electron chi connectivity index (χ1n) is 10.2. The molecule has 0 heterocycles. The number of hydrogen-bond donors (Lipinski definition) is 2. The molecule has 164 valence electrons. The van der Waals surface area contributed by atoms with Gasteiger partial charge in [-0.1, -0.05) is 25.4 Å². The second-order valence-corrected chi connectivity index (χ2v) is 8.85. The summed E-state index contributed by atoms with van der Waals surface area (Å²) in [6.07, 6.45) is 2.47. The quantitative estimate of drug-likeness (QED) is 0.388. The number of anilines is 1. The predicted molar refractivity (Wildman–Crippen MR) is 120 cm³/mol. The van der Waals surface area contributed by atoms with E-state index < -0.39 is 0 Å². The van der Waals surface area contributed by atoms with Gasteiger partial charge in [-0.3, -0.25) is 14.5 Å². The van der Waals surface area contributed by atoms with Crippen LogP contribution in [-0.4, -0.2) is 54.5 Å². The van der Waals surface area contributed by atoms with Crippen molar-refractivity contribution < 1.29 is 14.3 Å². The Hall–Kier alpha value is -1.63. The molecule has 0 saturated carbocycles. The normalized spacial score (nSPS) is 12.3. The maximum atomic E-state index is 12.5. The monoisotopic (exact) mass is 425 g/mol. The number of nitrogens with zero attached hydrogens (tertiary/aromatic N) is 1. The topological polar surface area (TPSA) is 84.7 Å². The summed E-state index contributed by atoms with van der Waals surface area (Å²) in [6.45, 7) is 15.5. The number of amides is 1. The minimum Gasteiger partial charge on any atom is -0.398 e. The van der Waals surface area contributed by atoms with Gasteiger partial charge in [-0.15, -0.1) is 0 Å². The largest absolute Gasteiger partial charge is 0.398 e. The number of aldehydes is 1. The molecule has 1 aromatic rings. The fourth-order valence-electron chi connectivity index (χ4n) is 3.03. The summed E-state index contributed by atoms with van der Waals surface area (Å²) in [5.41, 5.74) is 6.26. The summed E-state index contributed by atoms with van der Waals surface area (Å²) < 4.78 is 6.00. The number of carbonyl (C=O) groups excluding carboxylic acids is 2. The Balaban J connectivity index is 2.65. The van der Waals surface area contributed by atoms with Crippen LogP contribution in [0.3, 0.4) is 0 Å². The summed E-state index contributed by atoms with van der Waals surface area (Å²) in [5, 5.41) is 3.13. The molecule has 1 amide bonds. The SMILES string of the molecule is CCN(CCNC(=O)c1cc(Cl)c(N)cc1C=O)C(C)(C)CCOC(C)(C)CC. The number of nitrogens with two attached hydrogens (primary N) is 1. The van der Waals surface area contributed by atoms with Crippen LogP contribution in [0.2, 0.25) is 5.02 Å². The first-order chi connectivity index (χ1) is 13.5. The zero-order valence-corrected chi connectivity index (χ0v) is 19.4. The van der Waals surface area contributed by atoms with Crippen LogP contribution in [0.4, 0.5) is 5.69 Å². The van der Waals surface area contributed by atoms with E-state index in [1.54, 1.807) is 0 Å². The van der Waals surface area contributed by atoms with E-state index in [2.05, 4.69) is 51.8 Å². The van der Waals surface area contributed by atoms with Crippen molar-refractivity contribution in [1.82, 2.24) is 10.2 Å². The molecule has 0 radical (unpaired) electrons. The molecule has 0 aliphatic carbocycles. The second-order valence-electron chi connectivity index (χ2n) is 8.44. The van der Waals surface area contributed by atoms with Crippen LogP contribution in [0.15, 0.2) is 12.1 Å². The Bertz CT molecular complexity index is 705. The Morgan fingerprint density at radius 2 is 1.93 bits per heavy atom. The van der Waals surface area contributed by atoms with Gasteiger partial charge in [0.05, 0.1) is 21.9 Å². The lowest BCUT2D eigenvalue weighted by Crippen LogP contribution is -2.48. The van der Waals surface area contributed by atoms with Crippen LogP contribution < -0.4 is 11.1 Å². The average Bonchev–Trinajstić information content (AvgIpc) is 2.66. The second kappa shape index (κ2) is 11.0. The number of rotatable bonds is 12. The first kappa shape index (κ1) is 25.4. The van der Waals surface area contributed by atoms with Gasteiger partial charge in [-0.25, -0.2) is 0 Å². The highest BCUT2D eigenvalue weighted by molar-refractivity contribution is 6.33. The minimum absolute atomic E-state index is 0.0677. The lowest BCUT2D eigenvalue weighted by molar-refractivity contribution is -0.0376. The lowest BCUT2D eigenvalue weighted by Gasteiger charge is -2.39. The van der Waals surface area contributed by atoms with Gasteiger partial charge in [-0.05, 0) is 59.2 Å². The summed E-state index contributed by atoms with van der Waals surface area (Å²) in [4.78, 5) is 26.1. The van der Waals surface area contributed by atoms with Crippen LogP contribution >= 0.6 is 11.6 Å². The maximum absolute atomic E-state index is 12.5. The van der Waals surface area contributed by atoms with Crippen LogP contribution in [0.5, 0.6) is 0 Å². The van der Waals surface area contributed by atoms with Crippen molar-refractivity contribution in [3.8, 4) is 0 Å². The van der Waals surface area contributed by atoms with Crippen molar-refractivity contribution in [2.45, 2.75) is 65.5 Å². The molecule has 0 aliphatic heterocycles. The summed E-state index contributed by atoms with van der Waals surface area (Å²) >= 11 is 6.00. The summed E-state index contributed by atoms with van der Waals surface area (Å²) in [6, 6.07) is 2.85. The van der Waals surface area contributed by atoms with Gasteiger partial charge in [0.2, 0.25) is 0 Å². The van der Waals surface area contributed by atoms with E-state index in [9.17, 15) is 9.59 Å². The van der Waals surface area contributed by atoms with E-state index in [4.69, 9.17) is 22.1 Å². The third-order valence-corrected chi connectivity index (χ3v) is 5.83. The molecule has 7 heteroatoms. The highest BCUT2D eigenvalue weighted by atomic mass is 35.5. The average molecular weight is 426 g/mol. The molecule has 1 aromatic carbocycles. The van der Waals surface area contributed by atoms with Gasteiger partial charge >= 0.3 is 0 Å². The minimum atomic E-state index is -0.337. The lowest BCUT2D eigenvalue weighted by atomic mass is 9.98. The van der Waals surface area contributed by atoms with Crippen LogP contribution in [0.1, 0.15) is 75.1 Å². The van der Waals surface area contributed by atoms with Gasteiger partial charge in [0.15, 0.2) is 6.29 Å². The van der Waals surface area contributed by atoms with Crippen molar-refractivity contribution in [2.24, 2.45) is 0 Å². The van der Waals surface area contributed by atoms with Gasteiger partial charge in [0, 0.05) is 30.8 Å². The molecule has 1 rings (SSSR count). The summed E-state index contributed by atoms with van der Waals surface area (Å²) in [7, 11) is 0. The zero-order chi connectivity index (χ0) is 22.2. The highest BCUT2D eigenvalue weighted by Gasteiger charge is 2.26. The van der Waals surface area contributed by atoms with Crippen LogP contribution in [0.25, 0.3) is 0 Å². The first-order valence-corrected chi connectivity index (χ1v) is 10.6. The molecule has 0 unspecified atom stereocenters. The molecule has 0 saturated heterocycles. The molecule has 0 aliphatic rings. The number of nitrogen functional groups attached to an aromatic ring is 1.